The van der Waals surface area contributed by atoms with Crippen LogP contribution in [0.1, 0.15) is 25.7 Å². The third kappa shape index (κ3) is 4.95. The summed E-state index contributed by atoms with van der Waals surface area (Å²) >= 11 is 1.29. The molecule has 0 unspecified atom stereocenters. The smallest absolute Gasteiger partial charge is 0.233 e. The number of para-hydroxylation sites is 1. The number of ether oxygens (including phenoxy) is 2. The van der Waals surface area contributed by atoms with Gasteiger partial charge in [-0.25, -0.2) is 4.39 Å². The molecule has 1 aromatic heterocycles. The number of thioether (sulfide) groups is 1. The third-order valence-corrected chi connectivity index (χ3v) is 4.73. The third-order valence-electron chi connectivity index (χ3n) is 3.68. The zero-order valence-corrected chi connectivity index (χ0v) is 16.0. The van der Waals surface area contributed by atoms with E-state index >= 15 is 0 Å². The second-order valence-corrected chi connectivity index (χ2v) is 6.97. The molecule has 26 heavy (non-hydrogen) atoms. The Hall–Kier alpha value is -2.13. The molecule has 2 atom stereocenters. The minimum atomic E-state index is -0.439. The van der Waals surface area contributed by atoms with E-state index in [0.29, 0.717) is 17.6 Å². The Balaban J connectivity index is 2.22. The Morgan fingerprint density at radius 3 is 2.73 bits per heavy atom. The highest BCUT2D eigenvalue weighted by Crippen LogP contribution is 2.26. The van der Waals surface area contributed by atoms with Gasteiger partial charge in [-0.1, -0.05) is 23.9 Å². The molecule has 0 saturated heterocycles. The van der Waals surface area contributed by atoms with Crippen LogP contribution in [-0.4, -0.2) is 46.7 Å². The van der Waals surface area contributed by atoms with E-state index in [1.54, 1.807) is 39.3 Å². The number of halogens is 1. The first-order chi connectivity index (χ1) is 12.5. The van der Waals surface area contributed by atoms with Gasteiger partial charge in [0.2, 0.25) is 5.91 Å². The quantitative estimate of drug-likeness (QED) is 0.671. The first kappa shape index (κ1) is 20.2. The Morgan fingerprint density at radius 2 is 2.08 bits per heavy atom. The fourth-order valence-electron chi connectivity index (χ4n) is 2.36. The molecule has 1 N–H and O–H groups in total. The SMILES string of the molecule is CNC(=O)[C@H](C)Sc1nnc(COc2ccccc2F)n1[C@H](C)COC. The highest BCUT2D eigenvalue weighted by atomic mass is 32.2. The highest BCUT2D eigenvalue weighted by molar-refractivity contribution is 8.00. The summed E-state index contributed by atoms with van der Waals surface area (Å²) in [5.41, 5.74) is 0. The van der Waals surface area contributed by atoms with Gasteiger partial charge < -0.3 is 14.8 Å². The second-order valence-electron chi connectivity index (χ2n) is 5.67. The summed E-state index contributed by atoms with van der Waals surface area (Å²) in [5.74, 6) is 0.137. The van der Waals surface area contributed by atoms with E-state index in [2.05, 4.69) is 15.5 Å². The Kier molecular flexibility index (Phi) is 7.40. The monoisotopic (exact) mass is 382 g/mol. The molecule has 0 aliphatic rings. The van der Waals surface area contributed by atoms with Gasteiger partial charge in [0.1, 0.15) is 6.61 Å². The fraction of sp³-hybridized carbons (Fsp3) is 0.471. The van der Waals surface area contributed by atoms with Gasteiger partial charge in [0, 0.05) is 14.2 Å². The van der Waals surface area contributed by atoms with Crippen molar-refractivity contribution < 1.29 is 18.7 Å². The number of benzene rings is 1. The maximum Gasteiger partial charge on any atom is 0.233 e. The lowest BCUT2D eigenvalue weighted by molar-refractivity contribution is -0.119. The zero-order valence-electron chi connectivity index (χ0n) is 15.2. The molecule has 142 valence electrons. The molecule has 2 rings (SSSR count). The standard InChI is InChI=1S/C17H23FN4O3S/c1-11(9-24-4)22-15(10-25-14-8-6-5-7-13(14)18)20-21-17(22)26-12(2)16(23)19-3/h5-8,11-12H,9-10H2,1-4H3,(H,19,23)/t11-,12+/m1/s1. The molecule has 1 aromatic carbocycles. The molecule has 0 spiro atoms. The molecule has 0 aliphatic carbocycles. The van der Waals surface area contributed by atoms with Gasteiger partial charge in [0.25, 0.3) is 0 Å². The van der Waals surface area contributed by atoms with Crippen molar-refractivity contribution in [1.29, 1.82) is 0 Å². The molecular weight excluding hydrogens is 359 g/mol. The van der Waals surface area contributed by atoms with Crippen LogP contribution >= 0.6 is 11.8 Å². The number of rotatable bonds is 9. The molecule has 2 aromatic rings. The number of hydrogen-bond donors (Lipinski definition) is 1. The van der Waals surface area contributed by atoms with Crippen LogP contribution in [0.3, 0.4) is 0 Å². The predicted octanol–water partition coefficient (Wildman–Crippen LogP) is 2.43. The average Bonchev–Trinajstić information content (AvgIpc) is 3.03. The molecule has 0 fully saturated rings. The van der Waals surface area contributed by atoms with Gasteiger partial charge in [-0.3, -0.25) is 9.36 Å². The molecule has 0 aliphatic heterocycles. The average molecular weight is 382 g/mol. The Labute approximate surface area is 156 Å². The van der Waals surface area contributed by atoms with Crippen LogP contribution in [0.2, 0.25) is 0 Å². The van der Waals surface area contributed by atoms with Crippen molar-refractivity contribution >= 4 is 17.7 Å². The van der Waals surface area contributed by atoms with Crippen molar-refractivity contribution in [3.8, 4) is 5.75 Å². The largest absolute Gasteiger partial charge is 0.483 e. The second kappa shape index (κ2) is 9.54. The minimum absolute atomic E-state index is 0.0525. The van der Waals surface area contributed by atoms with Gasteiger partial charge in [-0.05, 0) is 26.0 Å². The molecule has 0 saturated carbocycles. The fourth-order valence-corrected chi connectivity index (χ4v) is 3.39. The van der Waals surface area contributed by atoms with E-state index in [9.17, 15) is 9.18 Å². The molecule has 0 bridgehead atoms. The summed E-state index contributed by atoms with van der Waals surface area (Å²) in [6.45, 7) is 4.23. The normalized spacial score (nSPS) is 13.3. The molecule has 9 heteroatoms. The number of methoxy groups -OCH3 is 1. The van der Waals surface area contributed by atoms with Gasteiger partial charge in [-0.2, -0.15) is 0 Å². The summed E-state index contributed by atoms with van der Waals surface area (Å²) in [7, 11) is 3.20. The highest BCUT2D eigenvalue weighted by Gasteiger charge is 2.22. The maximum atomic E-state index is 13.7. The van der Waals surface area contributed by atoms with Crippen molar-refractivity contribution in [1.82, 2.24) is 20.1 Å². The van der Waals surface area contributed by atoms with Gasteiger partial charge in [0.15, 0.2) is 22.5 Å². The lowest BCUT2D eigenvalue weighted by Crippen LogP contribution is -2.27. The van der Waals surface area contributed by atoms with Crippen LogP contribution in [0.25, 0.3) is 0 Å². The van der Waals surface area contributed by atoms with Crippen molar-refractivity contribution in [3.05, 3.63) is 35.9 Å². The first-order valence-corrected chi connectivity index (χ1v) is 9.04. The first-order valence-electron chi connectivity index (χ1n) is 8.16. The predicted molar refractivity (Wildman–Crippen MR) is 96.7 cm³/mol. The number of amides is 1. The summed E-state index contributed by atoms with van der Waals surface area (Å²) in [6, 6.07) is 6.11. The number of aromatic nitrogens is 3. The Bertz CT molecular complexity index is 741. The number of nitrogens with zero attached hydrogens (tertiary/aromatic N) is 3. The number of carbonyl (C=O) groups excluding carboxylic acids is 1. The molecule has 1 heterocycles. The van der Waals surface area contributed by atoms with Crippen LogP contribution in [-0.2, 0) is 16.1 Å². The van der Waals surface area contributed by atoms with Crippen LogP contribution < -0.4 is 10.1 Å². The van der Waals surface area contributed by atoms with E-state index in [1.165, 1.54) is 17.8 Å². The van der Waals surface area contributed by atoms with Crippen LogP contribution in [0, 0.1) is 5.82 Å². The van der Waals surface area contributed by atoms with Crippen LogP contribution in [0.4, 0.5) is 4.39 Å². The summed E-state index contributed by atoms with van der Waals surface area (Å²) in [6.07, 6.45) is 0. The molecule has 7 nitrogen and oxygen atoms in total. The lowest BCUT2D eigenvalue weighted by Gasteiger charge is -2.18. The summed E-state index contributed by atoms with van der Waals surface area (Å²) in [4.78, 5) is 11.8. The molecule has 1 amide bonds. The van der Waals surface area contributed by atoms with Crippen LogP contribution in [0.5, 0.6) is 5.75 Å². The number of hydrogen-bond acceptors (Lipinski definition) is 6. The van der Waals surface area contributed by atoms with Crippen molar-refractivity contribution in [2.75, 3.05) is 20.8 Å². The van der Waals surface area contributed by atoms with Crippen molar-refractivity contribution in [2.45, 2.75) is 36.9 Å². The van der Waals surface area contributed by atoms with Crippen LogP contribution in [0.15, 0.2) is 29.4 Å². The molecular formula is C17H23FN4O3S. The summed E-state index contributed by atoms with van der Waals surface area (Å²) in [5, 5.41) is 11.2. The van der Waals surface area contributed by atoms with E-state index < -0.39 is 5.82 Å². The lowest BCUT2D eigenvalue weighted by atomic mass is 10.3. The maximum absolute atomic E-state index is 13.7. The van der Waals surface area contributed by atoms with Crippen molar-refractivity contribution in [2.24, 2.45) is 0 Å². The van der Waals surface area contributed by atoms with Gasteiger partial charge in [0.05, 0.1) is 17.9 Å². The topological polar surface area (TPSA) is 78.3 Å². The van der Waals surface area contributed by atoms with E-state index in [1.807, 2.05) is 11.5 Å². The number of nitrogens with one attached hydrogen (secondary N) is 1. The van der Waals surface area contributed by atoms with Gasteiger partial charge >= 0.3 is 0 Å². The zero-order chi connectivity index (χ0) is 19.1. The molecule has 0 radical (unpaired) electrons. The van der Waals surface area contributed by atoms with E-state index in [0.717, 1.165) is 0 Å². The van der Waals surface area contributed by atoms with E-state index in [4.69, 9.17) is 9.47 Å². The van der Waals surface area contributed by atoms with Gasteiger partial charge in [-0.15, -0.1) is 10.2 Å². The van der Waals surface area contributed by atoms with E-state index in [-0.39, 0.29) is 29.6 Å². The Morgan fingerprint density at radius 1 is 1.35 bits per heavy atom. The number of carbonyl (C=O) groups is 1. The minimum Gasteiger partial charge on any atom is -0.483 e. The van der Waals surface area contributed by atoms with Crippen molar-refractivity contribution in [3.63, 3.8) is 0 Å². The summed E-state index contributed by atoms with van der Waals surface area (Å²) < 4.78 is 26.4.